The first-order valence-corrected chi connectivity index (χ1v) is 7.31. The van der Waals surface area contributed by atoms with Crippen LogP contribution in [0.15, 0.2) is 18.2 Å². The molecule has 1 rings (SSSR count). The quantitative estimate of drug-likeness (QED) is 0.479. The highest BCUT2D eigenvalue weighted by Gasteiger charge is 2.23. The highest BCUT2D eigenvalue weighted by Crippen LogP contribution is 2.40. The summed E-state index contributed by atoms with van der Waals surface area (Å²) < 4.78 is 13.3. The van der Waals surface area contributed by atoms with Gasteiger partial charge in [-0.05, 0) is 26.0 Å². The van der Waals surface area contributed by atoms with Gasteiger partial charge in [-0.25, -0.2) is 0 Å². The molecule has 0 amide bonds. The molecule has 0 saturated carbocycles. The Labute approximate surface area is 105 Å². The molecule has 0 bridgehead atoms. The van der Waals surface area contributed by atoms with Gasteiger partial charge in [0.05, 0.1) is 4.92 Å². The van der Waals surface area contributed by atoms with Gasteiger partial charge in [0.15, 0.2) is 7.95 Å². The van der Waals surface area contributed by atoms with Crippen LogP contribution >= 0.6 is 19.6 Å². The van der Waals surface area contributed by atoms with Crippen molar-refractivity contribution in [3.8, 4) is 0 Å². The fourth-order valence-electron chi connectivity index (χ4n) is 1.66. The van der Waals surface area contributed by atoms with E-state index >= 15 is 0 Å². The van der Waals surface area contributed by atoms with E-state index < -0.39 is 12.9 Å². The van der Waals surface area contributed by atoms with E-state index in [2.05, 4.69) is 0 Å². The number of halogens is 1. The molecule has 1 atom stereocenters. The molecule has 94 valence electrons. The summed E-state index contributed by atoms with van der Waals surface area (Å²) in [6.45, 7) is 5.21. The summed E-state index contributed by atoms with van der Waals surface area (Å²) in [7, 11) is -2.08. The summed E-state index contributed by atoms with van der Waals surface area (Å²) in [5.74, 6) is 0. The predicted octanol–water partition coefficient (Wildman–Crippen LogP) is 3.57. The number of nitro benzene ring substituents is 1. The molecule has 7 heteroatoms. The zero-order valence-corrected chi connectivity index (χ0v) is 11.6. The van der Waals surface area contributed by atoms with Gasteiger partial charge in [-0.2, -0.15) is 0 Å². The minimum Gasteiger partial charge on any atom is -0.316 e. The van der Waals surface area contributed by atoms with E-state index in [0.29, 0.717) is 10.7 Å². The lowest BCUT2D eigenvalue weighted by Crippen LogP contribution is -2.23. The average Bonchev–Trinajstić information content (AvgIpc) is 2.15. The van der Waals surface area contributed by atoms with Gasteiger partial charge in [0.2, 0.25) is 0 Å². The molecule has 0 radical (unpaired) electrons. The van der Waals surface area contributed by atoms with Gasteiger partial charge < -0.3 is 9.24 Å². The first-order valence-electron chi connectivity index (χ1n) is 5.08. The monoisotopic (exact) mass is 276 g/mol. The molecule has 17 heavy (non-hydrogen) atoms. The van der Waals surface area contributed by atoms with Gasteiger partial charge in [0.1, 0.15) is 5.69 Å². The van der Waals surface area contributed by atoms with Crippen LogP contribution in [0, 0.1) is 10.1 Å². The Balaban J connectivity index is 3.40. The lowest BCUT2D eigenvalue weighted by molar-refractivity contribution is -0.384. The molecule has 0 saturated heterocycles. The molecule has 1 unspecified atom stereocenters. The van der Waals surface area contributed by atoms with Crippen molar-refractivity contribution in [1.82, 2.24) is 0 Å². The predicted molar refractivity (Wildman–Crippen MR) is 70.6 cm³/mol. The summed E-state index contributed by atoms with van der Waals surface area (Å²) in [5, 5.41) is 11.3. The largest absolute Gasteiger partial charge is 0.316 e. The molecule has 0 aliphatic rings. The van der Waals surface area contributed by atoms with Gasteiger partial charge in [-0.15, -0.1) is 0 Å². The second kappa shape index (κ2) is 5.52. The molecule has 0 spiro atoms. The maximum absolute atomic E-state index is 11.7. The Bertz CT molecular complexity index is 465. The highest BCUT2D eigenvalue weighted by molar-refractivity contribution is 7.45. The number of nitro groups is 1. The standard InChI is InChI=1S/C10H14ClN2O3P/c1-7(2)12(17(3)16)10-6-8(11)4-5-9(10)13(14)15/h4-7,17H,1-3H3. The third-order valence-electron chi connectivity index (χ3n) is 2.25. The number of hydrogen-bond acceptors (Lipinski definition) is 3. The smallest absolute Gasteiger partial charge is 0.292 e. The van der Waals surface area contributed by atoms with E-state index in [-0.39, 0.29) is 11.7 Å². The Morgan fingerprint density at radius 1 is 1.47 bits per heavy atom. The molecule has 1 aromatic rings. The van der Waals surface area contributed by atoms with E-state index in [1.54, 1.807) is 6.66 Å². The molecule has 0 N–H and O–H groups in total. The second-order valence-electron chi connectivity index (χ2n) is 3.87. The van der Waals surface area contributed by atoms with Crippen molar-refractivity contribution in [3.05, 3.63) is 33.3 Å². The molecule has 0 heterocycles. The van der Waals surface area contributed by atoms with E-state index in [9.17, 15) is 14.7 Å². The van der Waals surface area contributed by atoms with Crippen molar-refractivity contribution in [3.63, 3.8) is 0 Å². The van der Waals surface area contributed by atoms with Crippen LogP contribution in [0.25, 0.3) is 0 Å². The fraction of sp³-hybridized carbons (Fsp3) is 0.400. The first-order chi connectivity index (χ1) is 7.84. The van der Waals surface area contributed by atoms with Gasteiger partial charge in [0.25, 0.3) is 5.69 Å². The van der Waals surface area contributed by atoms with Crippen LogP contribution in [0.2, 0.25) is 5.02 Å². The van der Waals surface area contributed by atoms with Crippen LogP contribution < -0.4 is 4.67 Å². The number of benzene rings is 1. The van der Waals surface area contributed by atoms with E-state index in [4.69, 9.17) is 11.6 Å². The zero-order valence-electron chi connectivity index (χ0n) is 9.81. The Morgan fingerprint density at radius 3 is 2.47 bits per heavy atom. The second-order valence-corrected chi connectivity index (χ2v) is 5.83. The van der Waals surface area contributed by atoms with Gasteiger partial charge in [0, 0.05) is 23.8 Å². The van der Waals surface area contributed by atoms with Gasteiger partial charge in [-0.3, -0.25) is 10.1 Å². The van der Waals surface area contributed by atoms with Crippen LogP contribution in [0.4, 0.5) is 11.4 Å². The van der Waals surface area contributed by atoms with Gasteiger partial charge >= 0.3 is 0 Å². The minimum absolute atomic E-state index is 0.0803. The third kappa shape index (κ3) is 3.20. The number of nitrogens with zero attached hydrogens (tertiary/aromatic N) is 2. The lowest BCUT2D eigenvalue weighted by Gasteiger charge is -2.26. The SMILES string of the molecule is CC(C)N(c1cc(Cl)ccc1[N+](=O)[O-])[PH](C)=O. The topological polar surface area (TPSA) is 63.4 Å². The molecule has 5 nitrogen and oxygen atoms in total. The van der Waals surface area contributed by atoms with Crippen LogP contribution in [-0.2, 0) is 4.57 Å². The number of rotatable bonds is 4. The molecule has 1 aromatic carbocycles. The van der Waals surface area contributed by atoms with E-state index in [0.717, 1.165) is 0 Å². The van der Waals surface area contributed by atoms with Crippen LogP contribution in [0.1, 0.15) is 13.8 Å². The summed E-state index contributed by atoms with van der Waals surface area (Å²) in [5.41, 5.74) is 0.229. The lowest BCUT2D eigenvalue weighted by atomic mass is 10.2. The summed E-state index contributed by atoms with van der Waals surface area (Å²) in [4.78, 5) is 10.4. The summed E-state index contributed by atoms with van der Waals surface area (Å²) >= 11 is 5.83. The number of hydrogen-bond donors (Lipinski definition) is 0. The minimum atomic E-state index is -2.08. The van der Waals surface area contributed by atoms with Crippen molar-refractivity contribution >= 4 is 30.9 Å². The van der Waals surface area contributed by atoms with Crippen molar-refractivity contribution in [2.45, 2.75) is 19.9 Å². The highest BCUT2D eigenvalue weighted by atomic mass is 35.5. The van der Waals surface area contributed by atoms with Crippen molar-refractivity contribution in [1.29, 1.82) is 0 Å². The normalized spacial score (nSPS) is 12.5. The molecule has 0 aliphatic carbocycles. The Hall–Kier alpha value is -1.06. The molecule has 0 aromatic heterocycles. The first kappa shape index (κ1) is 14.0. The number of anilines is 1. The zero-order chi connectivity index (χ0) is 13.2. The third-order valence-corrected chi connectivity index (χ3v) is 3.92. The molecular weight excluding hydrogens is 263 g/mol. The van der Waals surface area contributed by atoms with Crippen LogP contribution in [0.3, 0.4) is 0 Å². The molecule has 0 aliphatic heterocycles. The van der Waals surface area contributed by atoms with E-state index in [1.807, 2.05) is 13.8 Å². The maximum Gasteiger partial charge on any atom is 0.292 e. The molecule has 0 fully saturated rings. The van der Waals surface area contributed by atoms with E-state index in [1.165, 1.54) is 22.9 Å². The maximum atomic E-state index is 11.7. The average molecular weight is 277 g/mol. The fourth-order valence-corrected chi connectivity index (χ4v) is 3.07. The Kier molecular flexibility index (Phi) is 4.54. The van der Waals surface area contributed by atoms with Gasteiger partial charge in [-0.1, -0.05) is 11.6 Å². The Morgan fingerprint density at radius 2 is 2.06 bits per heavy atom. The van der Waals surface area contributed by atoms with Crippen molar-refractivity contribution < 1.29 is 9.49 Å². The summed E-state index contributed by atoms with van der Waals surface area (Å²) in [6, 6.07) is 4.17. The summed E-state index contributed by atoms with van der Waals surface area (Å²) in [6.07, 6.45) is 0. The van der Waals surface area contributed by atoms with Crippen LogP contribution in [-0.4, -0.2) is 17.6 Å². The van der Waals surface area contributed by atoms with Crippen molar-refractivity contribution in [2.24, 2.45) is 0 Å². The van der Waals surface area contributed by atoms with Crippen LogP contribution in [0.5, 0.6) is 0 Å². The molecular formula is C10H14ClN2O3P. The van der Waals surface area contributed by atoms with Crippen molar-refractivity contribution in [2.75, 3.05) is 11.3 Å².